The lowest BCUT2D eigenvalue weighted by Gasteiger charge is -2.19. The molecule has 100 valence electrons. The fraction of sp³-hybridized carbons (Fsp3) is 0.538. The molecule has 1 heterocycles. The van der Waals surface area contributed by atoms with Gasteiger partial charge < -0.3 is 5.11 Å². The van der Waals surface area contributed by atoms with Gasteiger partial charge in [0.05, 0.1) is 5.56 Å². The molecule has 5 heteroatoms. The molecule has 1 unspecified atom stereocenters. The summed E-state index contributed by atoms with van der Waals surface area (Å²) < 4.78 is 38.4. The van der Waals surface area contributed by atoms with E-state index >= 15 is 0 Å². The summed E-state index contributed by atoms with van der Waals surface area (Å²) in [4.78, 5) is 1.96. The lowest BCUT2D eigenvalue weighted by Crippen LogP contribution is -2.23. The summed E-state index contributed by atoms with van der Waals surface area (Å²) in [6.45, 7) is 1.82. The second-order valence-electron chi connectivity index (χ2n) is 4.73. The van der Waals surface area contributed by atoms with Crippen molar-refractivity contribution in [1.82, 2.24) is 4.90 Å². The van der Waals surface area contributed by atoms with Crippen molar-refractivity contribution in [2.75, 3.05) is 19.7 Å². The Morgan fingerprint density at radius 2 is 2.00 bits per heavy atom. The Bertz CT molecular complexity index is 405. The molecular formula is C13H16F3NO. The van der Waals surface area contributed by atoms with Crippen LogP contribution >= 0.6 is 0 Å². The molecule has 1 atom stereocenters. The van der Waals surface area contributed by atoms with Gasteiger partial charge in [-0.15, -0.1) is 0 Å². The highest BCUT2D eigenvalue weighted by molar-refractivity contribution is 5.29. The molecule has 0 aromatic heterocycles. The van der Waals surface area contributed by atoms with Crippen molar-refractivity contribution >= 4 is 0 Å². The zero-order valence-electron chi connectivity index (χ0n) is 9.95. The number of nitrogens with zero attached hydrogens (tertiary/aromatic N) is 1. The van der Waals surface area contributed by atoms with E-state index in [0.29, 0.717) is 18.7 Å². The van der Waals surface area contributed by atoms with E-state index in [-0.39, 0.29) is 12.5 Å². The van der Waals surface area contributed by atoms with Crippen LogP contribution in [0.4, 0.5) is 13.2 Å². The summed E-state index contributed by atoms with van der Waals surface area (Å²) >= 11 is 0. The summed E-state index contributed by atoms with van der Waals surface area (Å²) in [5.41, 5.74) is -0.249. The molecule has 0 aliphatic carbocycles. The molecule has 1 aromatic carbocycles. The third-order valence-corrected chi connectivity index (χ3v) is 3.34. The third kappa shape index (κ3) is 3.03. The van der Waals surface area contributed by atoms with Crippen LogP contribution < -0.4 is 0 Å². The third-order valence-electron chi connectivity index (χ3n) is 3.34. The lowest BCUT2D eigenvalue weighted by molar-refractivity contribution is -0.138. The summed E-state index contributed by atoms with van der Waals surface area (Å²) in [5.74, 6) is 0.197. The standard InChI is InChI=1S/C13H16F3NO/c14-13(15,16)12-4-2-1-3-11(12)8-17-6-5-10(7-17)9-18/h1-4,10,18H,5-9H2. The van der Waals surface area contributed by atoms with Gasteiger partial charge in [0, 0.05) is 19.7 Å². The minimum atomic E-state index is -4.30. The second kappa shape index (κ2) is 5.28. The Labute approximate surface area is 104 Å². The van der Waals surface area contributed by atoms with Crippen molar-refractivity contribution in [1.29, 1.82) is 0 Å². The number of likely N-dealkylation sites (tertiary alicyclic amines) is 1. The van der Waals surface area contributed by atoms with E-state index in [1.165, 1.54) is 12.1 Å². The molecule has 0 spiro atoms. The molecule has 1 fully saturated rings. The summed E-state index contributed by atoms with van der Waals surface area (Å²) in [5, 5.41) is 9.03. The first-order valence-corrected chi connectivity index (χ1v) is 5.99. The van der Waals surface area contributed by atoms with Gasteiger partial charge >= 0.3 is 6.18 Å². The molecule has 1 saturated heterocycles. The van der Waals surface area contributed by atoms with Crippen LogP contribution in [0.1, 0.15) is 17.5 Å². The van der Waals surface area contributed by atoms with Gasteiger partial charge in [-0.1, -0.05) is 18.2 Å². The van der Waals surface area contributed by atoms with Gasteiger partial charge in [-0.2, -0.15) is 13.2 Å². The zero-order valence-corrected chi connectivity index (χ0v) is 9.95. The Morgan fingerprint density at radius 3 is 2.61 bits per heavy atom. The number of halogens is 3. The van der Waals surface area contributed by atoms with Crippen LogP contribution in [0, 0.1) is 5.92 Å². The maximum absolute atomic E-state index is 12.8. The smallest absolute Gasteiger partial charge is 0.396 e. The van der Waals surface area contributed by atoms with Crippen molar-refractivity contribution < 1.29 is 18.3 Å². The molecular weight excluding hydrogens is 243 g/mol. The zero-order chi connectivity index (χ0) is 13.2. The fourth-order valence-corrected chi connectivity index (χ4v) is 2.38. The van der Waals surface area contributed by atoms with Crippen molar-refractivity contribution in [3.63, 3.8) is 0 Å². The predicted molar refractivity (Wildman–Crippen MR) is 61.9 cm³/mol. The van der Waals surface area contributed by atoms with Gasteiger partial charge in [0.1, 0.15) is 0 Å². The van der Waals surface area contributed by atoms with Gasteiger partial charge in [0.15, 0.2) is 0 Å². The van der Waals surface area contributed by atoms with Crippen molar-refractivity contribution in [2.45, 2.75) is 19.1 Å². The summed E-state index contributed by atoms with van der Waals surface area (Å²) in [6, 6.07) is 5.68. The van der Waals surface area contributed by atoms with Crippen LogP contribution in [0.2, 0.25) is 0 Å². The number of benzene rings is 1. The van der Waals surface area contributed by atoms with Crippen molar-refractivity contribution in [2.24, 2.45) is 5.92 Å². The minimum Gasteiger partial charge on any atom is -0.396 e. The number of hydrogen-bond donors (Lipinski definition) is 1. The number of aliphatic hydroxyl groups excluding tert-OH is 1. The number of alkyl halides is 3. The van der Waals surface area contributed by atoms with Gasteiger partial charge in [-0.25, -0.2) is 0 Å². The van der Waals surface area contributed by atoms with Gasteiger partial charge in [0.25, 0.3) is 0 Å². The minimum absolute atomic E-state index is 0.109. The van der Waals surface area contributed by atoms with Crippen LogP contribution in [0.5, 0.6) is 0 Å². The first kappa shape index (κ1) is 13.4. The van der Waals surface area contributed by atoms with E-state index < -0.39 is 11.7 Å². The highest BCUT2D eigenvalue weighted by atomic mass is 19.4. The van der Waals surface area contributed by atoms with E-state index in [0.717, 1.165) is 19.0 Å². The maximum atomic E-state index is 12.8. The van der Waals surface area contributed by atoms with Crippen LogP contribution in [-0.4, -0.2) is 29.7 Å². The maximum Gasteiger partial charge on any atom is 0.416 e. The number of hydrogen-bond acceptors (Lipinski definition) is 2. The van der Waals surface area contributed by atoms with E-state index in [9.17, 15) is 13.2 Å². The number of aliphatic hydroxyl groups is 1. The molecule has 0 bridgehead atoms. The molecule has 2 nitrogen and oxygen atoms in total. The Balaban J connectivity index is 2.10. The first-order valence-electron chi connectivity index (χ1n) is 5.99. The SMILES string of the molecule is OCC1CCN(Cc2ccccc2C(F)(F)F)C1. The van der Waals surface area contributed by atoms with Crippen LogP contribution in [0.15, 0.2) is 24.3 Å². The average Bonchev–Trinajstić information content (AvgIpc) is 2.76. The normalized spacial score (nSPS) is 21.4. The fourth-order valence-electron chi connectivity index (χ4n) is 2.38. The molecule has 0 radical (unpaired) electrons. The predicted octanol–water partition coefficient (Wildman–Crippen LogP) is 2.52. The van der Waals surface area contributed by atoms with Gasteiger partial charge in [0.2, 0.25) is 0 Å². The molecule has 1 aromatic rings. The molecule has 0 saturated carbocycles. The summed E-state index contributed by atoms with van der Waals surface area (Å²) in [7, 11) is 0. The average molecular weight is 259 g/mol. The second-order valence-corrected chi connectivity index (χ2v) is 4.73. The molecule has 0 amide bonds. The lowest BCUT2D eigenvalue weighted by atomic mass is 10.1. The van der Waals surface area contributed by atoms with E-state index in [4.69, 9.17) is 5.11 Å². The Morgan fingerprint density at radius 1 is 1.28 bits per heavy atom. The Kier molecular flexibility index (Phi) is 3.92. The largest absolute Gasteiger partial charge is 0.416 e. The molecule has 1 N–H and O–H groups in total. The molecule has 1 aliphatic rings. The van der Waals surface area contributed by atoms with Crippen LogP contribution in [0.3, 0.4) is 0 Å². The monoisotopic (exact) mass is 259 g/mol. The summed E-state index contributed by atoms with van der Waals surface area (Å²) in [6.07, 6.45) is -3.45. The number of rotatable bonds is 3. The first-order chi connectivity index (χ1) is 8.50. The molecule has 1 aliphatic heterocycles. The highest BCUT2D eigenvalue weighted by Crippen LogP contribution is 2.33. The van der Waals surface area contributed by atoms with Crippen LogP contribution in [0.25, 0.3) is 0 Å². The van der Waals surface area contributed by atoms with Gasteiger partial charge in [-0.05, 0) is 30.5 Å². The van der Waals surface area contributed by atoms with Crippen molar-refractivity contribution in [3.8, 4) is 0 Å². The molecule has 18 heavy (non-hydrogen) atoms. The van der Waals surface area contributed by atoms with Crippen LogP contribution in [-0.2, 0) is 12.7 Å². The molecule has 2 rings (SSSR count). The highest BCUT2D eigenvalue weighted by Gasteiger charge is 2.33. The van der Waals surface area contributed by atoms with Gasteiger partial charge in [-0.3, -0.25) is 4.90 Å². The Hall–Kier alpha value is -1.07. The van der Waals surface area contributed by atoms with E-state index in [2.05, 4.69) is 0 Å². The van der Waals surface area contributed by atoms with Crippen molar-refractivity contribution in [3.05, 3.63) is 35.4 Å². The van der Waals surface area contributed by atoms with E-state index in [1.54, 1.807) is 6.07 Å². The van der Waals surface area contributed by atoms with E-state index in [1.807, 2.05) is 4.90 Å². The topological polar surface area (TPSA) is 23.5 Å². The quantitative estimate of drug-likeness (QED) is 0.901.